The second kappa shape index (κ2) is 6.48. The first-order chi connectivity index (χ1) is 7.31. The lowest BCUT2D eigenvalue weighted by Crippen LogP contribution is -2.54. The lowest BCUT2D eigenvalue weighted by molar-refractivity contribution is -0.147. The fraction of sp³-hybridized carbons (Fsp3) is 0.818. The van der Waals surface area contributed by atoms with Gasteiger partial charge in [-0.2, -0.15) is 0 Å². The first-order valence-corrected chi connectivity index (χ1v) is 5.59. The summed E-state index contributed by atoms with van der Waals surface area (Å²) < 4.78 is 0. The third-order valence-corrected chi connectivity index (χ3v) is 2.31. The van der Waals surface area contributed by atoms with Gasteiger partial charge in [0, 0.05) is 6.04 Å². The SMILES string of the molecule is CCCC(C)(NC(=O)CNC(C)C)C(=O)O. The molecule has 5 heteroatoms. The first kappa shape index (κ1) is 14.9. The number of amides is 1. The van der Waals surface area contributed by atoms with Crippen LogP contribution in [0.4, 0.5) is 0 Å². The topological polar surface area (TPSA) is 78.4 Å². The van der Waals surface area contributed by atoms with Crippen LogP contribution in [0, 0.1) is 0 Å². The summed E-state index contributed by atoms with van der Waals surface area (Å²) in [5.41, 5.74) is -1.16. The summed E-state index contributed by atoms with van der Waals surface area (Å²) in [6, 6.07) is 0.202. The molecule has 0 heterocycles. The van der Waals surface area contributed by atoms with Crippen molar-refractivity contribution in [1.29, 1.82) is 0 Å². The molecular formula is C11H22N2O3. The Morgan fingerprint density at radius 2 is 1.94 bits per heavy atom. The molecule has 3 N–H and O–H groups in total. The molecule has 0 bridgehead atoms. The Bertz CT molecular complexity index is 254. The number of carbonyl (C=O) groups is 2. The maximum atomic E-state index is 11.5. The van der Waals surface area contributed by atoms with Gasteiger partial charge in [0.25, 0.3) is 0 Å². The summed E-state index contributed by atoms with van der Waals surface area (Å²) in [7, 11) is 0. The number of rotatable bonds is 7. The number of carboxylic acid groups (broad SMARTS) is 1. The van der Waals surface area contributed by atoms with E-state index in [1.165, 1.54) is 6.92 Å². The molecule has 0 aliphatic heterocycles. The minimum Gasteiger partial charge on any atom is -0.480 e. The van der Waals surface area contributed by atoms with Crippen molar-refractivity contribution in [3.8, 4) is 0 Å². The Morgan fingerprint density at radius 1 is 1.38 bits per heavy atom. The number of carbonyl (C=O) groups excluding carboxylic acids is 1. The maximum absolute atomic E-state index is 11.5. The highest BCUT2D eigenvalue weighted by Gasteiger charge is 2.33. The van der Waals surface area contributed by atoms with Gasteiger partial charge in [0.2, 0.25) is 5.91 Å². The van der Waals surface area contributed by atoms with Crippen LogP contribution >= 0.6 is 0 Å². The van der Waals surface area contributed by atoms with Crippen LogP contribution in [0.5, 0.6) is 0 Å². The van der Waals surface area contributed by atoms with Gasteiger partial charge in [0.15, 0.2) is 0 Å². The van der Waals surface area contributed by atoms with Gasteiger partial charge < -0.3 is 15.7 Å². The minimum absolute atomic E-state index is 0.143. The van der Waals surface area contributed by atoms with Crippen molar-refractivity contribution in [1.82, 2.24) is 10.6 Å². The Hall–Kier alpha value is -1.10. The highest BCUT2D eigenvalue weighted by atomic mass is 16.4. The van der Waals surface area contributed by atoms with Gasteiger partial charge in [-0.3, -0.25) is 4.79 Å². The van der Waals surface area contributed by atoms with E-state index in [1.807, 2.05) is 20.8 Å². The van der Waals surface area contributed by atoms with Gasteiger partial charge in [-0.15, -0.1) is 0 Å². The van der Waals surface area contributed by atoms with Gasteiger partial charge in [-0.05, 0) is 13.3 Å². The molecule has 1 atom stereocenters. The monoisotopic (exact) mass is 230 g/mol. The van der Waals surface area contributed by atoms with E-state index < -0.39 is 11.5 Å². The largest absolute Gasteiger partial charge is 0.480 e. The minimum atomic E-state index is -1.16. The average Bonchev–Trinajstić information content (AvgIpc) is 2.14. The standard InChI is InChI=1S/C11H22N2O3/c1-5-6-11(4,10(15)16)13-9(14)7-12-8(2)3/h8,12H,5-7H2,1-4H3,(H,13,14)(H,15,16). The highest BCUT2D eigenvalue weighted by molar-refractivity contribution is 5.87. The molecule has 0 fully saturated rings. The molecule has 0 spiro atoms. The van der Waals surface area contributed by atoms with E-state index in [1.54, 1.807) is 0 Å². The smallest absolute Gasteiger partial charge is 0.329 e. The van der Waals surface area contributed by atoms with E-state index >= 15 is 0 Å². The summed E-state index contributed by atoms with van der Waals surface area (Å²) in [6.07, 6.45) is 1.14. The summed E-state index contributed by atoms with van der Waals surface area (Å²) in [5, 5.41) is 14.5. The molecule has 0 rings (SSSR count). The first-order valence-electron chi connectivity index (χ1n) is 5.59. The van der Waals surface area contributed by atoms with Gasteiger partial charge in [-0.1, -0.05) is 27.2 Å². The van der Waals surface area contributed by atoms with E-state index in [0.29, 0.717) is 12.8 Å². The van der Waals surface area contributed by atoms with Crippen molar-refractivity contribution in [3.63, 3.8) is 0 Å². The molecule has 0 saturated heterocycles. The molecule has 0 radical (unpaired) electrons. The van der Waals surface area contributed by atoms with Gasteiger partial charge in [0.05, 0.1) is 6.54 Å². The summed E-state index contributed by atoms with van der Waals surface area (Å²) in [5.74, 6) is -1.28. The van der Waals surface area contributed by atoms with Crippen LogP contribution in [0.25, 0.3) is 0 Å². The van der Waals surface area contributed by atoms with Crippen molar-refractivity contribution in [2.24, 2.45) is 0 Å². The number of hydrogen-bond acceptors (Lipinski definition) is 3. The fourth-order valence-electron chi connectivity index (χ4n) is 1.37. The van der Waals surface area contributed by atoms with Crippen LogP contribution < -0.4 is 10.6 Å². The molecule has 0 aromatic heterocycles. The molecule has 0 aliphatic rings. The zero-order chi connectivity index (χ0) is 12.8. The highest BCUT2D eigenvalue weighted by Crippen LogP contribution is 2.12. The van der Waals surface area contributed by atoms with Gasteiger partial charge in [-0.25, -0.2) is 4.79 Å². The Balaban J connectivity index is 4.30. The summed E-state index contributed by atoms with van der Waals surface area (Å²) in [6.45, 7) is 7.42. The third kappa shape index (κ3) is 5.11. The molecule has 0 aliphatic carbocycles. The van der Waals surface area contributed by atoms with Gasteiger partial charge in [0.1, 0.15) is 5.54 Å². The number of hydrogen-bond donors (Lipinski definition) is 3. The molecule has 1 amide bonds. The van der Waals surface area contributed by atoms with Crippen molar-refractivity contribution in [2.75, 3.05) is 6.54 Å². The van der Waals surface area contributed by atoms with Crippen LogP contribution in [0.3, 0.4) is 0 Å². The second-order valence-electron chi connectivity index (χ2n) is 4.47. The second-order valence-corrected chi connectivity index (χ2v) is 4.47. The summed E-state index contributed by atoms with van der Waals surface area (Å²) in [4.78, 5) is 22.6. The third-order valence-electron chi connectivity index (χ3n) is 2.31. The predicted molar refractivity (Wildman–Crippen MR) is 62.2 cm³/mol. The summed E-state index contributed by atoms with van der Waals surface area (Å²) >= 11 is 0. The molecule has 94 valence electrons. The van der Waals surface area contributed by atoms with Crippen molar-refractivity contribution in [3.05, 3.63) is 0 Å². The lowest BCUT2D eigenvalue weighted by Gasteiger charge is -2.26. The van der Waals surface area contributed by atoms with E-state index in [9.17, 15) is 9.59 Å². The lowest BCUT2D eigenvalue weighted by atomic mass is 9.96. The molecule has 0 aromatic carbocycles. The average molecular weight is 230 g/mol. The predicted octanol–water partition coefficient (Wildman–Crippen LogP) is 0.744. The van der Waals surface area contributed by atoms with E-state index in [0.717, 1.165) is 0 Å². The molecule has 0 aromatic rings. The Kier molecular flexibility index (Phi) is 6.03. The quantitative estimate of drug-likeness (QED) is 0.603. The fourth-order valence-corrected chi connectivity index (χ4v) is 1.37. The maximum Gasteiger partial charge on any atom is 0.329 e. The van der Waals surface area contributed by atoms with Crippen molar-refractivity contribution >= 4 is 11.9 Å². The zero-order valence-electron chi connectivity index (χ0n) is 10.5. The van der Waals surface area contributed by atoms with E-state index in [4.69, 9.17) is 5.11 Å². The number of nitrogens with one attached hydrogen (secondary N) is 2. The van der Waals surface area contributed by atoms with Crippen LogP contribution in [0.1, 0.15) is 40.5 Å². The zero-order valence-corrected chi connectivity index (χ0v) is 10.5. The molecule has 16 heavy (non-hydrogen) atoms. The Labute approximate surface area is 96.6 Å². The normalized spacial score (nSPS) is 14.6. The van der Waals surface area contributed by atoms with Crippen LogP contribution in [-0.2, 0) is 9.59 Å². The van der Waals surface area contributed by atoms with E-state index in [-0.39, 0.29) is 18.5 Å². The van der Waals surface area contributed by atoms with E-state index in [2.05, 4.69) is 10.6 Å². The van der Waals surface area contributed by atoms with Crippen LogP contribution in [0.2, 0.25) is 0 Å². The Morgan fingerprint density at radius 3 is 2.31 bits per heavy atom. The molecule has 1 unspecified atom stereocenters. The van der Waals surface area contributed by atoms with Crippen LogP contribution in [-0.4, -0.2) is 35.1 Å². The molecule has 0 saturated carbocycles. The van der Waals surface area contributed by atoms with Crippen molar-refractivity contribution < 1.29 is 14.7 Å². The van der Waals surface area contributed by atoms with Crippen molar-refractivity contribution in [2.45, 2.75) is 52.1 Å². The van der Waals surface area contributed by atoms with Gasteiger partial charge >= 0.3 is 5.97 Å². The van der Waals surface area contributed by atoms with Crippen LogP contribution in [0.15, 0.2) is 0 Å². The molecule has 5 nitrogen and oxygen atoms in total. The number of carboxylic acids is 1. The molecular weight excluding hydrogens is 208 g/mol. The number of aliphatic carboxylic acids is 1.